The van der Waals surface area contributed by atoms with Crippen molar-refractivity contribution in [3.8, 4) is 17.6 Å². The van der Waals surface area contributed by atoms with E-state index in [-0.39, 0.29) is 12.4 Å². The third-order valence-corrected chi connectivity index (χ3v) is 3.94. The van der Waals surface area contributed by atoms with E-state index in [2.05, 4.69) is 0 Å². The van der Waals surface area contributed by atoms with Gasteiger partial charge in [0, 0.05) is 5.56 Å². The summed E-state index contributed by atoms with van der Waals surface area (Å²) in [6.07, 6.45) is 3.35. The number of hydrogen-bond donors (Lipinski definition) is 0. The van der Waals surface area contributed by atoms with Gasteiger partial charge in [0.25, 0.3) is 0 Å². The van der Waals surface area contributed by atoms with Crippen molar-refractivity contribution in [2.45, 2.75) is 0 Å². The van der Waals surface area contributed by atoms with Gasteiger partial charge in [0.15, 0.2) is 12.4 Å². The third-order valence-electron chi connectivity index (χ3n) is 3.94. The third kappa shape index (κ3) is 4.08. The number of rotatable bonds is 6. The molecule has 0 bridgehead atoms. The van der Waals surface area contributed by atoms with E-state index in [0.29, 0.717) is 11.3 Å². The molecule has 0 N–H and O–H groups in total. The molecule has 0 amide bonds. The fourth-order valence-corrected chi connectivity index (χ4v) is 2.57. The van der Waals surface area contributed by atoms with Crippen molar-refractivity contribution in [1.29, 1.82) is 5.26 Å². The summed E-state index contributed by atoms with van der Waals surface area (Å²) in [5.74, 6) is 1.29. The molecule has 0 saturated heterocycles. The molecule has 4 heteroatoms. The van der Waals surface area contributed by atoms with Gasteiger partial charge in [-0.3, -0.25) is 4.79 Å². The van der Waals surface area contributed by atoms with Gasteiger partial charge in [0.05, 0.1) is 7.11 Å². The Kier molecular flexibility index (Phi) is 5.31. The van der Waals surface area contributed by atoms with Gasteiger partial charge < -0.3 is 9.47 Å². The minimum Gasteiger partial charge on any atom is -0.497 e. The normalized spacial score (nSPS) is 10.6. The molecule has 3 aromatic rings. The number of nitrogens with zero attached hydrogens (tertiary/aromatic N) is 1. The van der Waals surface area contributed by atoms with Crippen molar-refractivity contribution < 1.29 is 14.3 Å². The quantitative estimate of drug-likeness (QED) is 0.483. The fourth-order valence-electron chi connectivity index (χ4n) is 2.57. The highest BCUT2D eigenvalue weighted by Gasteiger charge is 2.03. The first-order chi connectivity index (χ1) is 12.7. The number of fused-ring (bicyclic) bond motifs is 1. The maximum atomic E-state index is 12.3. The predicted molar refractivity (Wildman–Crippen MR) is 101 cm³/mol. The number of benzene rings is 3. The van der Waals surface area contributed by atoms with Crippen molar-refractivity contribution in [1.82, 2.24) is 0 Å². The van der Waals surface area contributed by atoms with Crippen LogP contribution in [0.4, 0.5) is 0 Å². The Hall–Kier alpha value is -3.58. The standard InChI is InChI=1S/C22H17NO3/c1-25-21-10-7-18-14-16(2-4-19(18)15-21)3-11-22(24)17-5-8-20(9-6-17)26-13-12-23/h2-11,14-15H,13H2,1H3/b11-3+. The molecule has 0 atom stereocenters. The van der Waals surface area contributed by atoms with Gasteiger partial charge in [0.2, 0.25) is 0 Å². The van der Waals surface area contributed by atoms with Crippen molar-refractivity contribution in [2.24, 2.45) is 0 Å². The van der Waals surface area contributed by atoms with Crippen LogP contribution in [-0.2, 0) is 0 Å². The molecule has 4 nitrogen and oxygen atoms in total. The SMILES string of the molecule is COc1ccc2cc(/C=C/C(=O)c3ccc(OCC#N)cc3)ccc2c1. The van der Waals surface area contributed by atoms with Crippen LogP contribution in [0, 0.1) is 11.3 Å². The van der Waals surface area contributed by atoms with Crippen molar-refractivity contribution >= 4 is 22.6 Å². The van der Waals surface area contributed by atoms with Crippen LogP contribution < -0.4 is 9.47 Å². The smallest absolute Gasteiger partial charge is 0.185 e. The summed E-state index contributed by atoms with van der Waals surface area (Å²) >= 11 is 0. The van der Waals surface area contributed by atoms with Crippen LogP contribution in [0.25, 0.3) is 16.8 Å². The zero-order valence-corrected chi connectivity index (χ0v) is 14.3. The van der Waals surface area contributed by atoms with Gasteiger partial charge in [-0.1, -0.05) is 24.3 Å². The monoisotopic (exact) mass is 343 g/mol. The summed E-state index contributed by atoms with van der Waals surface area (Å²) in [4.78, 5) is 12.3. The number of nitriles is 1. The Balaban J connectivity index is 1.73. The van der Waals surface area contributed by atoms with Gasteiger partial charge in [-0.25, -0.2) is 0 Å². The van der Waals surface area contributed by atoms with Crippen LogP contribution in [0.1, 0.15) is 15.9 Å². The Labute approximate surface area is 151 Å². The summed E-state index contributed by atoms with van der Waals surface area (Å²) in [7, 11) is 1.64. The number of methoxy groups -OCH3 is 1. The zero-order chi connectivity index (χ0) is 18.4. The molecule has 0 radical (unpaired) electrons. The second kappa shape index (κ2) is 8.00. The lowest BCUT2D eigenvalue weighted by atomic mass is 10.0. The number of carbonyl (C=O) groups is 1. The lowest BCUT2D eigenvalue weighted by molar-refractivity contribution is 0.104. The van der Waals surface area contributed by atoms with E-state index in [4.69, 9.17) is 14.7 Å². The molecular weight excluding hydrogens is 326 g/mol. The molecule has 0 fully saturated rings. The molecule has 0 aliphatic rings. The van der Waals surface area contributed by atoms with Crippen molar-refractivity contribution in [3.63, 3.8) is 0 Å². The van der Waals surface area contributed by atoms with Gasteiger partial charge in [-0.2, -0.15) is 5.26 Å². The number of ether oxygens (including phenoxy) is 2. The van der Waals surface area contributed by atoms with Gasteiger partial charge >= 0.3 is 0 Å². The highest BCUT2D eigenvalue weighted by atomic mass is 16.5. The Morgan fingerprint density at radius 3 is 2.42 bits per heavy atom. The van der Waals surface area contributed by atoms with Crippen LogP contribution >= 0.6 is 0 Å². The molecule has 0 aliphatic heterocycles. The summed E-state index contributed by atoms with van der Waals surface area (Å²) < 4.78 is 10.4. The van der Waals surface area contributed by atoms with E-state index in [9.17, 15) is 4.79 Å². The molecule has 26 heavy (non-hydrogen) atoms. The minimum absolute atomic E-state index is 0.0129. The first-order valence-electron chi connectivity index (χ1n) is 8.09. The van der Waals surface area contributed by atoms with Crippen LogP contribution in [0.3, 0.4) is 0 Å². The maximum Gasteiger partial charge on any atom is 0.185 e. The van der Waals surface area contributed by atoms with E-state index in [1.165, 1.54) is 0 Å². The van der Waals surface area contributed by atoms with E-state index in [0.717, 1.165) is 22.1 Å². The second-order valence-electron chi connectivity index (χ2n) is 5.64. The van der Waals surface area contributed by atoms with Crippen LogP contribution in [-0.4, -0.2) is 19.5 Å². The highest BCUT2D eigenvalue weighted by Crippen LogP contribution is 2.22. The summed E-state index contributed by atoms with van der Waals surface area (Å²) in [6, 6.07) is 20.5. The average molecular weight is 343 g/mol. The van der Waals surface area contributed by atoms with Crippen molar-refractivity contribution in [3.05, 3.63) is 77.9 Å². The van der Waals surface area contributed by atoms with E-state index in [1.807, 2.05) is 42.5 Å². The fraction of sp³-hybridized carbons (Fsp3) is 0.0909. The van der Waals surface area contributed by atoms with Gasteiger partial charge in [0.1, 0.15) is 17.6 Å². The number of carbonyl (C=O) groups excluding carboxylic acids is 1. The molecule has 0 aliphatic carbocycles. The molecular formula is C22H17NO3. The molecule has 0 unspecified atom stereocenters. The van der Waals surface area contributed by atoms with Gasteiger partial charge in [-0.15, -0.1) is 0 Å². The molecule has 3 rings (SSSR count). The Morgan fingerprint density at radius 2 is 1.69 bits per heavy atom. The first-order valence-corrected chi connectivity index (χ1v) is 8.09. The Bertz CT molecular complexity index is 998. The minimum atomic E-state index is -0.0911. The lowest BCUT2D eigenvalue weighted by Crippen LogP contribution is -1.96. The molecule has 0 saturated carbocycles. The first kappa shape index (κ1) is 17.2. The molecule has 0 heterocycles. The maximum absolute atomic E-state index is 12.3. The molecule has 3 aromatic carbocycles. The van der Waals surface area contributed by atoms with Crippen LogP contribution in [0.15, 0.2) is 66.7 Å². The lowest BCUT2D eigenvalue weighted by Gasteiger charge is -2.04. The van der Waals surface area contributed by atoms with Crippen molar-refractivity contribution in [2.75, 3.05) is 13.7 Å². The van der Waals surface area contributed by atoms with Crippen LogP contribution in [0.2, 0.25) is 0 Å². The number of hydrogen-bond acceptors (Lipinski definition) is 4. The topological polar surface area (TPSA) is 59.3 Å². The number of allylic oxidation sites excluding steroid dienone is 1. The largest absolute Gasteiger partial charge is 0.497 e. The van der Waals surface area contributed by atoms with Gasteiger partial charge in [-0.05, 0) is 64.9 Å². The van der Waals surface area contributed by atoms with E-state index < -0.39 is 0 Å². The summed E-state index contributed by atoms with van der Waals surface area (Å²) in [6.45, 7) is -0.0129. The van der Waals surface area contributed by atoms with E-state index in [1.54, 1.807) is 43.5 Å². The van der Waals surface area contributed by atoms with Crippen LogP contribution in [0.5, 0.6) is 11.5 Å². The molecule has 0 aromatic heterocycles. The number of ketones is 1. The highest BCUT2D eigenvalue weighted by molar-refractivity contribution is 6.07. The summed E-state index contributed by atoms with van der Waals surface area (Å²) in [5, 5.41) is 10.7. The Morgan fingerprint density at radius 1 is 1.00 bits per heavy atom. The molecule has 0 spiro atoms. The average Bonchev–Trinajstić information content (AvgIpc) is 2.70. The predicted octanol–water partition coefficient (Wildman–Crippen LogP) is 4.65. The zero-order valence-electron chi connectivity index (χ0n) is 14.3. The second-order valence-corrected chi connectivity index (χ2v) is 5.64. The summed E-state index contributed by atoms with van der Waals surface area (Å²) in [5.41, 5.74) is 1.51. The van der Waals surface area contributed by atoms with E-state index >= 15 is 0 Å². The molecule has 128 valence electrons.